The zero-order valence-electron chi connectivity index (χ0n) is 11.0. The highest BCUT2D eigenvalue weighted by Gasteiger charge is 2.20. The summed E-state index contributed by atoms with van der Waals surface area (Å²) >= 11 is 11.9. The fraction of sp³-hybridized carbons (Fsp3) is 0.308. The molecule has 4 nitrogen and oxygen atoms in total. The molecule has 20 heavy (non-hydrogen) atoms. The summed E-state index contributed by atoms with van der Waals surface area (Å²) in [4.78, 5) is 7.67. The Kier molecular flexibility index (Phi) is 4.86. The van der Waals surface area contributed by atoms with Crippen LogP contribution in [0.3, 0.4) is 0 Å². The van der Waals surface area contributed by atoms with Crippen molar-refractivity contribution < 1.29 is 9.32 Å². The maximum atomic E-state index is 12.6. The highest BCUT2D eigenvalue weighted by atomic mass is 35.5. The van der Waals surface area contributed by atoms with Gasteiger partial charge in [0.05, 0.1) is 5.69 Å². The number of aromatic amines is 1. The Balaban J connectivity index is 2.49. The lowest BCUT2D eigenvalue weighted by molar-refractivity contribution is 0.272. The molecule has 0 radical (unpaired) electrons. The summed E-state index contributed by atoms with van der Waals surface area (Å²) in [5, 5.41) is 10.4. The molecular formula is C13H14Cl2N2O2S. The zero-order valence-corrected chi connectivity index (χ0v) is 13.3. The molecule has 1 atom stereocenters. The fourth-order valence-corrected chi connectivity index (χ4v) is 3.80. The molecule has 1 aromatic carbocycles. The summed E-state index contributed by atoms with van der Waals surface area (Å²) in [6.07, 6.45) is 0. The van der Waals surface area contributed by atoms with Gasteiger partial charge in [0.2, 0.25) is 0 Å². The summed E-state index contributed by atoms with van der Waals surface area (Å²) in [7, 11) is -1.50. The van der Waals surface area contributed by atoms with Crippen LogP contribution in [-0.4, -0.2) is 19.3 Å². The maximum absolute atomic E-state index is 12.6. The third-order valence-corrected chi connectivity index (χ3v) is 4.46. The average molecular weight is 333 g/mol. The molecule has 0 aliphatic rings. The van der Waals surface area contributed by atoms with Crippen LogP contribution in [0.2, 0.25) is 10.0 Å². The molecule has 0 saturated heterocycles. The Morgan fingerprint density at radius 2 is 1.90 bits per heavy atom. The van der Waals surface area contributed by atoms with E-state index in [0.717, 1.165) is 5.69 Å². The largest absolute Gasteiger partial charge is 0.388 e. The number of hydrogen-bond acceptors (Lipinski definition) is 3. The van der Waals surface area contributed by atoms with E-state index in [0.29, 0.717) is 25.8 Å². The first-order valence-corrected chi connectivity index (χ1v) is 7.90. The Labute approximate surface area is 129 Å². The lowest BCUT2D eigenvalue weighted by Crippen LogP contribution is -2.00. The zero-order chi connectivity index (χ0) is 14.9. The van der Waals surface area contributed by atoms with Gasteiger partial charge in [-0.15, -0.1) is 0 Å². The Bertz CT molecular complexity index is 636. The van der Waals surface area contributed by atoms with Gasteiger partial charge < -0.3 is 10.1 Å². The van der Waals surface area contributed by atoms with Gasteiger partial charge in [-0.1, -0.05) is 37.0 Å². The van der Waals surface area contributed by atoms with Gasteiger partial charge in [-0.05, 0) is 24.1 Å². The van der Waals surface area contributed by atoms with E-state index in [9.17, 15) is 4.21 Å². The van der Waals surface area contributed by atoms with Gasteiger partial charge in [-0.3, -0.25) is 0 Å². The van der Waals surface area contributed by atoms with Crippen molar-refractivity contribution in [3.05, 3.63) is 39.8 Å². The van der Waals surface area contributed by atoms with Gasteiger partial charge in [-0.25, -0.2) is 9.19 Å². The van der Waals surface area contributed by atoms with Crippen molar-refractivity contribution in [1.29, 1.82) is 0 Å². The maximum Gasteiger partial charge on any atom is 0.153 e. The minimum Gasteiger partial charge on any atom is -0.388 e. The number of benzene rings is 1. The number of hydrogen-bond donors (Lipinski definition) is 2. The third-order valence-electron chi connectivity index (χ3n) is 2.70. The Morgan fingerprint density at radius 3 is 2.40 bits per heavy atom. The van der Waals surface area contributed by atoms with E-state index in [1.165, 1.54) is 0 Å². The molecule has 1 heterocycles. The standard InChI is InChI=1S/C13H14Cl2N2O2S/c1-7(2)12-13(17-11(6-18)16-12)20(19)10-4-8(14)3-9(15)5-10/h3-5,7,18H,6H2,1-2H3,(H,16,17)/t20-/m0/s1. The number of nitrogens with one attached hydrogen (secondary N) is 1. The number of imidazole rings is 1. The number of nitrogens with zero attached hydrogens (tertiary/aromatic N) is 1. The van der Waals surface area contributed by atoms with Crippen LogP contribution in [0.4, 0.5) is 0 Å². The summed E-state index contributed by atoms with van der Waals surface area (Å²) in [6, 6.07) is 4.78. The molecule has 0 unspecified atom stereocenters. The molecule has 0 aliphatic heterocycles. The van der Waals surface area contributed by atoms with Crippen LogP contribution in [0.25, 0.3) is 0 Å². The minimum absolute atomic E-state index is 0.108. The first-order chi connectivity index (χ1) is 9.42. The molecule has 7 heteroatoms. The molecular weight excluding hydrogens is 319 g/mol. The van der Waals surface area contributed by atoms with Crippen LogP contribution >= 0.6 is 23.2 Å². The molecule has 0 aliphatic carbocycles. The van der Waals surface area contributed by atoms with Crippen LogP contribution in [0, 0.1) is 0 Å². The van der Waals surface area contributed by atoms with Crippen LogP contribution < -0.4 is 0 Å². The molecule has 0 bridgehead atoms. The summed E-state index contributed by atoms with van der Waals surface area (Å²) in [5.41, 5.74) is 0.739. The highest BCUT2D eigenvalue weighted by molar-refractivity contribution is 7.85. The first kappa shape index (κ1) is 15.5. The second kappa shape index (κ2) is 6.26. The SMILES string of the molecule is CC(C)c1[nH]c(CO)nc1[S@@](=O)c1cc(Cl)cc(Cl)c1. The first-order valence-electron chi connectivity index (χ1n) is 6.00. The Morgan fingerprint density at radius 1 is 1.30 bits per heavy atom. The number of aromatic nitrogens is 2. The van der Waals surface area contributed by atoms with Crippen molar-refractivity contribution in [3.63, 3.8) is 0 Å². The quantitative estimate of drug-likeness (QED) is 0.900. The highest BCUT2D eigenvalue weighted by Crippen LogP contribution is 2.27. The van der Waals surface area contributed by atoms with Crippen molar-refractivity contribution in [3.8, 4) is 0 Å². The second-order valence-corrected chi connectivity index (χ2v) is 6.86. The molecule has 2 N–H and O–H groups in total. The average Bonchev–Trinajstić information content (AvgIpc) is 2.81. The second-order valence-electron chi connectivity index (χ2n) is 4.59. The molecule has 0 fully saturated rings. The van der Waals surface area contributed by atoms with E-state index in [-0.39, 0.29) is 12.5 Å². The molecule has 0 amide bonds. The normalized spacial score (nSPS) is 12.9. The number of rotatable bonds is 4. The fourth-order valence-electron chi connectivity index (χ4n) is 1.77. The number of aliphatic hydroxyl groups excluding tert-OH is 1. The minimum atomic E-state index is -1.50. The van der Waals surface area contributed by atoms with Gasteiger partial charge in [0.25, 0.3) is 0 Å². The lowest BCUT2D eigenvalue weighted by Gasteiger charge is -2.06. The monoisotopic (exact) mass is 332 g/mol. The molecule has 0 spiro atoms. The van der Waals surface area contributed by atoms with Gasteiger partial charge in [0.15, 0.2) is 5.03 Å². The van der Waals surface area contributed by atoms with Crippen LogP contribution in [-0.2, 0) is 17.4 Å². The van der Waals surface area contributed by atoms with Gasteiger partial charge in [0, 0.05) is 14.9 Å². The van der Waals surface area contributed by atoms with E-state index in [1.807, 2.05) is 13.8 Å². The van der Waals surface area contributed by atoms with Crippen LogP contribution in [0.5, 0.6) is 0 Å². The molecule has 1 aromatic heterocycles. The Hall–Kier alpha value is -0.880. The van der Waals surface area contributed by atoms with Gasteiger partial charge in [0.1, 0.15) is 23.2 Å². The van der Waals surface area contributed by atoms with Crippen LogP contribution in [0.15, 0.2) is 28.1 Å². The van der Waals surface area contributed by atoms with Crippen molar-refractivity contribution in [2.75, 3.05) is 0 Å². The summed E-state index contributed by atoms with van der Waals surface area (Å²) < 4.78 is 12.6. The van der Waals surface area contributed by atoms with Crippen molar-refractivity contribution in [2.45, 2.75) is 36.3 Å². The smallest absolute Gasteiger partial charge is 0.153 e. The number of aliphatic hydroxyl groups is 1. The molecule has 2 rings (SSSR count). The van der Waals surface area contributed by atoms with E-state index in [2.05, 4.69) is 9.97 Å². The predicted molar refractivity (Wildman–Crippen MR) is 79.7 cm³/mol. The van der Waals surface area contributed by atoms with Crippen molar-refractivity contribution in [1.82, 2.24) is 9.97 Å². The predicted octanol–water partition coefficient (Wildman–Crippen LogP) is 3.50. The lowest BCUT2D eigenvalue weighted by atomic mass is 10.2. The summed E-state index contributed by atoms with van der Waals surface area (Å²) in [5.74, 6) is 0.501. The van der Waals surface area contributed by atoms with Crippen molar-refractivity contribution >= 4 is 34.0 Å². The number of H-pyrrole nitrogens is 1. The van der Waals surface area contributed by atoms with Crippen molar-refractivity contribution in [2.24, 2.45) is 0 Å². The van der Waals surface area contributed by atoms with Gasteiger partial charge in [-0.2, -0.15) is 0 Å². The number of halogens is 2. The van der Waals surface area contributed by atoms with E-state index < -0.39 is 10.8 Å². The van der Waals surface area contributed by atoms with E-state index in [4.69, 9.17) is 28.3 Å². The topological polar surface area (TPSA) is 66.0 Å². The molecule has 0 saturated carbocycles. The summed E-state index contributed by atoms with van der Waals surface area (Å²) in [6.45, 7) is 3.69. The van der Waals surface area contributed by atoms with Crippen LogP contribution in [0.1, 0.15) is 31.3 Å². The van der Waals surface area contributed by atoms with Gasteiger partial charge >= 0.3 is 0 Å². The third kappa shape index (κ3) is 3.23. The van der Waals surface area contributed by atoms with E-state index in [1.54, 1.807) is 18.2 Å². The molecule has 2 aromatic rings. The van der Waals surface area contributed by atoms with E-state index >= 15 is 0 Å². The molecule has 108 valence electrons.